The normalized spacial score (nSPS) is 12.4. The fraction of sp³-hybridized carbons (Fsp3) is 0.784. The second-order valence-electron chi connectivity index (χ2n) is 16.0. The highest BCUT2D eigenvalue weighted by molar-refractivity contribution is 5.71. The highest BCUT2D eigenvalue weighted by Gasteiger charge is 2.19. The standard InChI is InChI=1S/C51H90O6/c1-4-7-10-13-16-19-22-23-24-25-26-27-28-30-32-35-38-41-44-50(53)56-47-48(46-55-49(52)43-40-37-34-31-21-18-15-12-9-6-3)57-51(54)45-42-39-36-33-29-20-17-14-11-8-5-2/h14-15,17-18,20,26-27,29,48H,4-13,16,19,21-25,28,30-47H2,1-3H3/b17-14-,18-15-,27-26-,29-20-. The van der Waals surface area contributed by atoms with Crippen LogP contribution in [0.4, 0.5) is 0 Å². The van der Waals surface area contributed by atoms with Crippen LogP contribution in [0.25, 0.3) is 0 Å². The molecule has 0 spiro atoms. The molecule has 6 heteroatoms. The van der Waals surface area contributed by atoms with E-state index in [0.717, 1.165) is 96.3 Å². The third kappa shape index (κ3) is 44.3. The van der Waals surface area contributed by atoms with E-state index in [1.165, 1.54) is 103 Å². The van der Waals surface area contributed by atoms with Gasteiger partial charge in [-0.1, -0.05) is 185 Å². The molecule has 0 aliphatic carbocycles. The van der Waals surface area contributed by atoms with Crippen molar-refractivity contribution < 1.29 is 28.6 Å². The van der Waals surface area contributed by atoms with Gasteiger partial charge >= 0.3 is 17.9 Å². The molecule has 6 nitrogen and oxygen atoms in total. The summed E-state index contributed by atoms with van der Waals surface area (Å²) in [5.74, 6) is -0.941. The van der Waals surface area contributed by atoms with Crippen molar-refractivity contribution in [2.24, 2.45) is 0 Å². The molecule has 0 fully saturated rings. The van der Waals surface area contributed by atoms with Gasteiger partial charge in [0.2, 0.25) is 0 Å². The zero-order valence-corrected chi connectivity index (χ0v) is 37.6. The summed E-state index contributed by atoms with van der Waals surface area (Å²) in [7, 11) is 0. The minimum absolute atomic E-state index is 0.0917. The van der Waals surface area contributed by atoms with Crippen molar-refractivity contribution in [3.63, 3.8) is 0 Å². The molecule has 0 rings (SSSR count). The quantitative estimate of drug-likeness (QED) is 0.0201. The van der Waals surface area contributed by atoms with Crippen LogP contribution < -0.4 is 0 Å². The summed E-state index contributed by atoms with van der Waals surface area (Å²) in [5, 5.41) is 0. The van der Waals surface area contributed by atoms with Crippen LogP contribution in [-0.2, 0) is 28.6 Å². The number of esters is 3. The Morgan fingerprint density at radius 1 is 0.351 bits per heavy atom. The molecule has 330 valence electrons. The van der Waals surface area contributed by atoms with Crippen LogP contribution in [0.3, 0.4) is 0 Å². The Balaban J connectivity index is 4.35. The maximum atomic E-state index is 12.7. The molecule has 0 bridgehead atoms. The van der Waals surface area contributed by atoms with Crippen molar-refractivity contribution >= 4 is 17.9 Å². The molecular weight excluding hydrogens is 709 g/mol. The fourth-order valence-electron chi connectivity index (χ4n) is 6.57. The first-order chi connectivity index (χ1) is 28.0. The molecule has 0 radical (unpaired) electrons. The van der Waals surface area contributed by atoms with E-state index in [4.69, 9.17) is 14.2 Å². The second kappa shape index (κ2) is 46.1. The van der Waals surface area contributed by atoms with E-state index in [0.29, 0.717) is 19.3 Å². The highest BCUT2D eigenvalue weighted by atomic mass is 16.6. The average Bonchev–Trinajstić information content (AvgIpc) is 3.21. The van der Waals surface area contributed by atoms with E-state index < -0.39 is 6.10 Å². The topological polar surface area (TPSA) is 78.9 Å². The predicted octanol–water partition coefficient (Wildman–Crippen LogP) is 15.5. The first kappa shape index (κ1) is 54.4. The van der Waals surface area contributed by atoms with Crippen molar-refractivity contribution in [3.8, 4) is 0 Å². The minimum atomic E-state index is -0.791. The molecule has 0 saturated carbocycles. The Hall–Kier alpha value is -2.63. The summed E-state index contributed by atoms with van der Waals surface area (Å²) in [6.45, 7) is 6.50. The first-order valence-corrected chi connectivity index (χ1v) is 24.2. The molecule has 1 unspecified atom stereocenters. The van der Waals surface area contributed by atoms with E-state index in [1.54, 1.807) is 0 Å². The third-order valence-corrected chi connectivity index (χ3v) is 10.3. The van der Waals surface area contributed by atoms with Gasteiger partial charge < -0.3 is 14.2 Å². The Labute approximate surface area is 352 Å². The van der Waals surface area contributed by atoms with Gasteiger partial charge in [0, 0.05) is 19.3 Å². The van der Waals surface area contributed by atoms with E-state index in [1.807, 2.05) is 0 Å². The number of carbonyl (C=O) groups is 3. The number of allylic oxidation sites excluding steroid dienone is 8. The largest absolute Gasteiger partial charge is 0.462 e. The van der Waals surface area contributed by atoms with Crippen LogP contribution in [-0.4, -0.2) is 37.2 Å². The fourth-order valence-corrected chi connectivity index (χ4v) is 6.57. The first-order valence-electron chi connectivity index (χ1n) is 24.2. The molecule has 0 amide bonds. The van der Waals surface area contributed by atoms with Crippen LogP contribution in [0.5, 0.6) is 0 Å². The summed E-state index contributed by atoms with van der Waals surface area (Å²) >= 11 is 0. The number of hydrogen-bond acceptors (Lipinski definition) is 6. The van der Waals surface area contributed by atoms with Gasteiger partial charge in [0.25, 0.3) is 0 Å². The van der Waals surface area contributed by atoms with Crippen LogP contribution in [0.15, 0.2) is 48.6 Å². The summed E-state index contributed by atoms with van der Waals surface area (Å²) in [4.78, 5) is 37.7. The number of hydrogen-bond donors (Lipinski definition) is 0. The van der Waals surface area contributed by atoms with Crippen molar-refractivity contribution in [1.82, 2.24) is 0 Å². The Kier molecular flexibility index (Phi) is 43.9. The Morgan fingerprint density at radius 3 is 1.07 bits per heavy atom. The Bertz CT molecular complexity index is 1010. The molecule has 0 heterocycles. The van der Waals surface area contributed by atoms with Crippen molar-refractivity contribution in [3.05, 3.63) is 48.6 Å². The van der Waals surface area contributed by atoms with E-state index in [2.05, 4.69) is 69.4 Å². The second-order valence-corrected chi connectivity index (χ2v) is 16.0. The van der Waals surface area contributed by atoms with Gasteiger partial charge in [-0.3, -0.25) is 14.4 Å². The van der Waals surface area contributed by atoms with E-state index in [9.17, 15) is 14.4 Å². The number of carbonyl (C=O) groups excluding carboxylic acids is 3. The number of unbranched alkanes of at least 4 members (excludes halogenated alkanes) is 25. The lowest BCUT2D eigenvalue weighted by Gasteiger charge is -2.18. The molecule has 57 heavy (non-hydrogen) atoms. The van der Waals surface area contributed by atoms with Gasteiger partial charge in [-0.05, 0) is 83.5 Å². The van der Waals surface area contributed by atoms with Gasteiger partial charge in [0.15, 0.2) is 6.10 Å². The Morgan fingerprint density at radius 2 is 0.649 bits per heavy atom. The van der Waals surface area contributed by atoms with E-state index >= 15 is 0 Å². The van der Waals surface area contributed by atoms with Gasteiger partial charge in [0.05, 0.1) is 0 Å². The molecule has 0 N–H and O–H groups in total. The zero-order valence-electron chi connectivity index (χ0n) is 37.6. The van der Waals surface area contributed by atoms with Crippen LogP contribution in [0.1, 0.15) is 239 Å². The van der Waals surface area contributed by atoms with Gasteiger partial charge in [0.1, 0.15) is 13.2 Å². The molecule has 0 aromatic carbocycles. The maximum Gasteiger partial charge on any atom is 0.306 e. The van der Waals surface area contributed by atoms with Gasteiger partial charge in [-0.25, -0.2) is 0 Å². The van der Waals surface area contributed by atoms with Crippen molar-refractivity contribution in [2.75, 3.05) is 13.2 Å². The van der Waals surface area contributed by atoms with E-state index in [-0.39, 0.29) is 31.1 Å². The summed E-state index contributed by atoms with van der Waals surface area (Å²) < 4.78 is 16.7. The van der Waals surface area contributed by atoms with Gasteiger partial charge in [-0.15, -0.1) is 0 Å². The molecule has 0 aromatic rings. The molecular formula is C51H90O6. The van der Waals surface area contributed by atoms with Crippen LogP contribution in [0, 0.1) is 0 Å². The van der Waals surface area contributed by atoms with Gasteiger partial charge in [-0.2, -0.15) is 0 Å². The molecule has 1 atom stereocenters. The SMILES string of the molecule is CCCC/C=C\C=C/CCCCCC(=O)OC(COC(=O)CCCCCC/C=C\CCCC)COC(=O)CCCCCCC/C=C\CCCCCCCCCCC. The lowest BCUT2D eigenvalue weighted by atomic mass is 10.1. The molecule has 0 saturated heterocycles. The summed E-state index contributed by atoms with van der Waals surface area (Å²) in [5.41, 5.74) is 0. The summed E-state index contributed by atoms with van der Waals surface area (Å²) in [6, 6.07) is 0. The van der Waals surface area contributed by atoms with Crippen LogP contribution >= 0.6 is 0 Å². The average molecular weight is 799 g/mol. The molecule has 0 aliphatic heterocycles. The molecule has 0 aliphatic rings. The zero-order chi connectivity index (χ0) is 41.5. The highest BCUT2D eigenvalue weighted by Crippen LogP contribution is 2.14. The van der Waals surface area contributed by atoms with Crippen molar-refractivity contribution in [1.29, 1.82) is 0 Å². The predicted molar refractivity (Wildman–Crippen MR) is 242 cm³/mol. The number of ether oxygens (including phenoxy) is 3. The monoisotopic (exact) mass is 799 g/mol. The van der Waals surface area contributed by atoms with Crippen LogP contribution in [0.2, 0.25) is 0 Å². The summed E-state index contributed by atoms with van der Waals surface area (Å²) in [6.07, 6.45) is 53.9. The minimum Gasteiger partial charge on any atom is -0.462 e. The van der Waals surface area contributed by atoms with Crippen molar-refractivity contribution in [2.45, 2.75) is 245 Å². The lowest BCUT2D eigenvalue weighted by Crippen LogP contribution is -2.30. The number of rotatable bonds is 43. The third-order valence-electron chi connectivity index (χ3n) is 10.3. The smallest absolute Gasteiger partial charge is 0.306 e. The lowest BCUT2D eigenvalue weighted by molar-refractivity contribution is -0.167. The molecule has 0 aromatic heterocycles. The maximum absolute atomic E-state index is 12.7.